The predicted octanol–water partition coefficient (Wildman–Crippen LogP) is 3.86. The topological polar surface area (TPSA) is 42.2 Å². The molecule has 1 unspecified atom stereocenters. The van der Waals surface area contributed by atoms with E-state index in [-0.39, 0.29) is 0 Å². The van der Waals surface area contributed by atoms with Crippen LogP contribution in [0.15, 0.2) is 59.1 Å². The maximum Gasteiger partial charge on any atom is 0.246 e. The second kappa shape index (κ2) is 5.30. The molecule has 0 saturated carbocycles. The van der Waals surface area contributed by atoms with Gasteiger partial charge < -0.3 is 9.42 Å². The predicted molar refractivity (Wildman–Crippen MR) is 85.6 cm³/mol. The van der Waals surface area contributed by atoms with E-state index in [0.717, 1.165) is 12.1 Å². The number of fused-ring (bicyclic) bond motifs is 1. The van der Waals surface area contributed by atoms with Crippen molar-refractivity contribution in [1.29, 1.82) is 0 Å². The lowest BCUT2D eigenvalue weighted by molar-refractivity contribution is 0.377. The molecule has 1 aliphatic heterocycles. The molecule has 0 fully saturated rings. The quantitative estimate of drug-likeness (QED) is 0.735. The summed E-state index contributed by atoms with van der Waals surface area (Å²) in [5, 5.41) is 4.09. The Labute approximate surface area is 129 Å². The Hall–Kier alpha value is -2.62. The summed E-state index contributed by atoms with van der Waals surface area (Å²) in [7, 11) is 0. The zero-order valence-corrected chi connectivity index (χ0v) is 12.4. The molecule has 0 N–H and O–H groups in total. The third-order valence-corrected chi connectivity index (χ3v) is 4.13. The first kappa shape index (κ1) is 13.1. The van der Waals surface area contributed by atoms with E-state index in [1.807, 2.05) is 30.3 Å². The highest BCUT2D eigenvalue weighted by Gasteiger charge is 2.26. The van der Waals surface area contributed by atoms with Crippen molar-refractivity contribution in [1.82, 2.24) is 10.1 Å². The van der Waals surface area contributed by atoms with Crippen molar-refractivity contribution >= 4 is 5.69 Å². The van der Waals surface area contributed by atoms with Crippen LogP contribution in [0, 0.1) is 0 Å². The lowest BCUT2D eigenvalue weighted by atomic mass is 10.0. The third kappa shape index (κ3) is 2.26. The highest BCUT2D eigenvalue weighted by atomic mass is 16.5. The average Bonchev–Trinajstić information content (AvgIpc) is 3.15. The highest BCUT2D eigenvalue weighted by molar-refractivity contribution is 5.60. The van der Waals surface area contributed by atoms with Crippen LogP contribution in [0.3, 0.4) is 0 Å². The van der Waals surface area contributed by atoms with Gasteiger partial charge in [0, 0.05) is 23.7 Å². The van der Waals surface area contributed by atoms with Crippen LogP contribution in [0.2, 0.25) is 0 Å². The first-order chi connectivity index (χ1) is 10.8. The standard InChI is InChI=1S/C18H17N3O/c1-13-11-21(16-10-6-5-9-15(13)16)12-17-19-18(20-22-17)14-7-3-2-4-8-14/h2-10,13H,11-12H2,1H3. The molecule has 2 heterocycles. The van der Waals surface area contributed by atoms with Crippen LogP contribution in [-0.4, -0.2) is 16.7 Å². The molecule has 0 bridgehead atoms. The van der Waals surface area contributed by atoms with Gasteiger partial charge in [0.25, 0.3) is 0 Å². The molecular weight excluding hydrogens is 274 g/mol. The van der Waals surface area contributed by atoms with E-state index in [2.05, 4.69) is 46.2 Å². The summed E-state index contributed by atoms with van der Waals surface area (Å²) in [5.74, 6) is 1.84. The number of rotatable bonds is 3. The Kier molecular flexibility index (Phi) is 3.15. The van der Waals surface area contributed by atoms with E-state index in [0.29, 0.717) is 24.2 Å². The summed E-state index contributed by atoms with van der Waals surface area (Å²) in [4.78, 5) is 6.83. The molecule has 1 atom stereocenters. The molecule has 2 aromatic carbocycles. The molecule has 22 heavy (non-hydrogen) atoms. The maximum absolute atomic E-state index is 5.43. The van der Waals surface area contributed by atoms with Crippen LogP contribution in [0.1, 0.15) is 24.3 Å². The van der Waals surface area contributed by atoms with Gasteiger partial charge in [-0.25, -0.2) is 0 Å². The summed E-state index contributed by atoms with van der Waals surface area (Å²) < 4.78 is 5.43. The summed E-state index contributed by atoms with van der Waals surface area (Å²) >= 11 is 0. The Bertz CT molecular complexity index is 782. The molecule has 0 spiro atoms. The number of aromatic nitrogens is 2. The fraction of sp³-hybridized carbons (Fsp3) is 0.222. The van der Waals surface area contributed by atoms with Gasteiger partial charge >= 0.3 is 0 Å². The second-order valence-corrected chi connectivity index (χ2v) is 5.72. The van der Waals surface area contributed by atoms with Crippen molar-refractivity contribution in [2.24, 2.45) is 0 Å². The van der Waals surface area contributed by atoms with Gasteiger partial charge in [-0.05, 0) is 11.6 Å². The van der Waals surface area contributed by atoms with Crippen molar-refractivity contribution in [2.45, 2.75) is 19.4 Å². The molecule has 1 aromatic heterocycles. The Morgan fingerprint density at radius 3 is 2.73 bits per heavy atom. The second-order valence-electron chi connectivity index (χ2n) is 5.72. The smallest absolute Gasteiger partial charge is 0.246 e. The van der Waals surface area contributed by atoms with Crippen molar-refractivity contribution in [3.05, 3.63) is 66.1 Å². The lowest BCUT2D eigenvalue weighted by Crippen LogP contribution is -2.20. The molecular formula is C18H17N3O. The minimum atomic E-state index is 0.535. The normalized spacial score (nSPS) is 16.8. The van der Waals surface area contributed by atoms with Gasteiger partial charge in [-0.3, -0.25) is 0 Å². The van der Waals surface area contributed by atoms with Crippen LogP contribution in [-0.2, 0) is 6.54 Å². The number of benzene rings is 2. The molecule has 0 radical (unpaired) electrons. The summed E-state index contributed by atoms with van der Waals surface area (Å²) in [5.41, 5.74) is 3.65. The molecule has 4 heteroatoms. The molecule has 0 aliphatic carbocycles. The summed E-state index contributed by atoms with van der Waals surface area (Å²) in [6.45, 7) is 3.89. The SMILES string of the molecule is CC1CN(Cc2nc(-c3ccccc3)no2)c2ccccc21. The van der Waals surface area contributed by atoms with Crippen LogP contribution in [0.25, 0.3) is 11.4 Å². The van der Waals surface area contributed by atoms with Gasteiger partial charge in [-0.15, -0.1) is 0 Å². The van der Waals surface area contributed by atoms with E-state index in [9.17, 15) is 0 Å². The van der Waals surface area contributed by atoms with Crippen LogP contribution < -0.4 is 4.90 Å². The average molecular weight is 291 g/mol. The lowest BCUT2D eigenvalue weighted by Gasteiger charge is -2.16. The third-order valence-electron chi connectivity index (χ3n) is 4.13. The van der Waals surface area contributed by atoms with Gasteiger partial charge in [-0.1, -0.05) is 60.6 Å². The first-order valence-electron chi connectivity index (χ1n) is 7.53. The van der Waals surface area contributed by atoms with Crippen LogP contribution >= 0.6 is 0 Å². The highest BCUT2D eigenvalue weighted by Crippen LogP contribution is 2.36. The van der Waals surface area contributed by atoms with E-state index in [1.165, 1.54) is 11.3 Å². The molecule has 4 nitrogen and oxygen atoms in total. The summed E-state index contributed by atoms with van der Waals surface area (Å²) in [6.07, 6.45) is 0. The van der Waals surface area contributed by atoms with Gasteiger partial charge in [0.05, 0.1) is 6.54 Å². The Morgan fingerprint density at radius 2 is 1.86 bits per heavy atom. The molecule has 0 saturated heterocycles. The number of nitrogens with zero attached hydrogens (tertiary/aromatic N) is 3. The largest absolute Gasteiger partial charge is 0.361 e. The summed E-state index contributed by atoms with van der Waals surface area (Å²) in [6, 6.07) is 18.4. The number of anilines is 1. The van der Waals surface area contributed by atoms with Crippen molar-refractivity contribution in [3.63, 3.8) is 0 Å². The molecule has 3 aromatic rings. The van der Waals surface area contributed by atoms with E-state index in [4.69, 9.17) is 4.52 Å². The monoisotopic (exact) mass is 291 g/mol. The van der Waals surface area contributed by atoms with E-state index < -0.39 is 0 Å². The number of para-hydroxylation sites is 1. The van der Waals surface area contributed by atoms with E-state index in [1.54, 1.807) is 0 Å². The van der Waals surface area contributed by atoms with Crippen LogP contribution in [0.5, 0.6) is 0 Å². The van der Waals surface area contributed by atoms with Gasteiger partial charge in [0.2, 0.25) is 11.7 Å². The van der Waals surface area contributed by atoms with Crippen molar-refractivity contribution in [3.8, 4) is 11.4 Å². The van der Waals surface area contributed by atoms with Gasteiger partial charge in [0.15, 0.2) is 0 Å². The van der Waals surface area contributed by atoms with Crippen LogP contribution in [0.4, 0.5) is 5.69 Å². The fourth-order valence-corrected chi connectivity index (χ4v) is 3.06. The molecule has 110 valence electrons. The van der Waals surface area contributed by atoms with Gasteiger partial charge in [0.1, 0.15) is 0 Å². The first-order valence-corrected chi connectivity index (χ1v) is 7.53. The maximum atomic E-state index is 5.43. The van der Waals surface area contributed by atoms with Gasteiger partial charge in [-0.2, -0.15) is 4.98 Å². The molecule has 0 amide bonds. The minimum absolute atomic E-state index is 0.535. The zero-order valence-electron chi connectivity index (χ0n) is 12.4. The molecule has 4 rings (SSSR count). The number of hydrogen-bond donors (Lipinski definition) is 0. The van der Waals surface area contributed by atoms with E-state index >= 15 is 0 Å². The Morgan fingerprint density at radius 1 is 1.09 bits per heavy atom. The van der Waals surface area contributed by atoms with Crippen molar-refractivity contribution in [2.75, 3.05) is 11.4 Å². The molecule has 1 aliphatic rings. The Balaban J connectivity index is 1.57. The zero-order chi connectivity index (χ0) is 14.9. The fourth-order valence-electron chi connectivity index (χ4n) is 3.06. The minimum Gasteiger partial charge on any atom is -0.361 e. The van der Waals surface area contributed by atoms with Crippen molar-refractivity contribution < 1.29 is 4.52 Å². The number of hydrogen-bond acceptors (Lipinski definition) is 4.